The number of hydrogen-bond acceptors (Lipinski definition) is 2. The number of unbranched alkanes of at least 4 members (excludes halogenated alkanes) is 1. The lowest BCUT2D eigenvalue weighted by molar-refractivity contribution is 0.491. The molecule has 0 aromatic heterocycles. The summed E-state index contributed by atoms with van der Waals surface area (Å²) in [7, 11) is 0. The normalized spacial score (nSPS) is 12.8. The lowest BCUT2D eigenvalue weighted by Crippen LogP contribution is -2.28. The molecular formula is C12H19FN2. The second kappa shape index (κ2) is 5.83. The first kappa shape index (κ1) is 12.1. The van der Waals surface area contributed by atoms with Gasteiger partial charge in [-0.3, -0.25) is 11.3 Å². The molecule has 1 unspecified atom stereocenters. The van der Waals surface area contributed by atoms with Crippen molar-refractivity contribution in [2.45, 2.75) is 39.2 Å². The number of benzene rings is 1. The minimum atomic E-state index is -0.193. The smallest absolute Gasteiger partial charge is 0.123 e. The molecule has 0 saturated carbocycles. The average molecular weight is 210 g/mol. The summed E-state index contributed by atoms with van der Waals surface area (Å²) in [6.45, 7) is 4.02. The van der Waals surface area contributed by atoms with E-state index in [1.54, 1.807) is 6.07 Å². The van der Waals surface area contributed by atoms with Crippen LogP contribution in [-0.4, -0.2) is 0 Å². The Balaban J connectivity index is 2.81. The van der Waals surface area contributed by atoms with Crippen LogP contribution in [0.25, 0.3) is 0 Å². The summed E-state index contributed by atoms with van der Waals surface area (Å²) >= 11 is 0. The standard InChI is InChI=1S/C12H19FN2/c1-3-4-5-12(15-14)10-6-9(2)7-11(13)8-10/h6-8,12,15H,3-5,14H2,1-2H3. The van der Waals surface area contributed by atoms with E-state index >= 15 is 0 Å². The van der Waals surface area contributed by atoms with Gasteiger partial charge in [-0.25, -0.2) is 4.39 Å². The van der Waals surface area contributed by atoms with Gasteiger partial charge in [0.1, 0.15) is 5.82 Å². The van der Waals surface area contributed by atoms with Crippen molar-refractivity contribution < 1.29 is 4.39 Å². The third-order valence-electron chi connectivity index (χ3n) is 2.51. The van der Waals surface area contributed by atoms with Crippen molar-refractivity contribution in [2.75, 3.05) is 0 Å². The summed E-state index contributed by atoms with van der Waals surface area (Å²) < 4.78 is 13.2. The van der Waals surface area contributed by atoms with Gasteiger partial charge in [-0.1, -0.05) is 25.8 Å². The summed E-state index contributed by atoms with van der Waals surface area (Å²) in [6.07, 6.45) is 3.15. The molecule has 0 heterocycles. The van der Waals surface area contributed by atoms with E-state index in [4.69, 9.17) is 5.84 Å². The van der Waals surface area contributed by atoms with Gasteiger partial charge >= 0.3 is 0 Å². The number of halogens is 1. The second-order valence-electron chi connectivity index (χ2n) is 3.92. The maximum absolute atomic E-state index is 13.2. The number of rotatable bonds is 5. The van der Waals surface area contributed by atoms with E-state index in [-0.39, 0.29) is 11.9 Å². The molecule has 3 heteroatoms. The van der Waals surface area contributed by atoms with Crippen LogP contribution in [0.15, 0.2) is 18.2 Å². The number of nitrogens with two attached hydrogens (primary N) is 1. The lowest BCUT2D eigenvalue weighted by atomic mass is 10.00. The molecule has 2 nitrogen and oxygen atoms in total. The predicted octanol–water partition coefficient (Wildman–Crippen LogP) is 2.83. The summed E-state index contributed by atoms with van der Waals surface area (Å²) in [4.78, 5) is 0. The minimum Gasteiger partial charge on any atom is -0.271 e. The molecule has 15 heavy (non-hydrogen) atoms. The molecular weight excluding hydrogens is 191 g/mol. The van der Waals surface area contributed by atoms with Gasteiger partial charge in [-0.15, -0.1) is 0 Å². The van der Waals surface area contributed by atoms with E-state index in [2.05, 4.69) is 12.3 Å². The van der Waals surface area contributed by atoms with Crippen LogP contribution < -0.4 is 11.3 Å². The highest BCUT2D eigenvalue weighted by Gasteiger charge is 2.10. The first-order chi connectivity index (χ1) is 7.17. The summed E-state index contributed by atoms with van der Waals surface area (Å²) in [5.74, 6) is 5.28. The zero-order chi connectivity index (χ0) is 11.3. The third-order valence-corrected chi connectivity index (χ3v) is 2.51. The molecule has 0 aliphatic rings. The fraction of sp³-hybridized carbons (Fsp3) is 0.500. The molecule has 0 fully saturated rings. The van der Waals surface area contributed by atoms with Gasteiger partial charge in [0.2, 0.25) is 0 Å². The van der Waals surface area contributed by atoms with Gasteiger partial charge in [0.25, 0.3) is 0 Å². The van der Waals surface area contributed by atoms with E-state index < -0.39 is 0 Å². The number of hydrazine groups is 1. The number of nitrogens with one attached hydrogen (secondary N) is 1. The summed E-state index contributed by atoms with van der Waals surface area (Å²) in [5.41, 5.74) is 4.61. The van der Waals surface area contributed by atoms with Gasteiger partial charge in [0, 0.05) is 6.04 Å². The second-order valence-corrected chi connectivity index (χ2v) is 3.92. The van der Waals surface area contributed by atoms with E-state index in [1.807, 2.05) is 13.0 Å². The Kier molecular flexibility index (Phi) is 4.72. The molecule has 0 saturated heterocycles. The molecule has 3 N–H and O–H groups in total. The van der Waals surface area contributed by atoms with E-state index in [0.717, 1.165) is 30.4 Å². The Labute approximate surface area is 90.6 Å². The molecule has 0 amide bonds. The quantitative estimate of drug-likeness (QED) is 0.579. The average Bonchev–Trinajstić information content (AvgIpc) is 2.17. The van der Waals surface area contributed by atoms with Crippen molar-refractivity contribution in [1.82, 2.24) is 5.43 Å². The first-order valence-electron chi connectivity index (χ1n) is 5.40. The highest BCUT2D eigenvalue weighted by molar-refractivity contribution is 5.26. The lowest BCUT2D eigenvalue weighted by Gasteiger charge is -2.16. The summed E-state index contributed by atoms with van der Waals surface area (Å²) in [5, 5.41) is 0. The van der Waals surface area contributed by atoms with E-state index in [1.165, 1.54) is 6.07 Å². The van der Waals surface area contributed by atoms with Gasteiger partial charge < -0.3 is 0 Å². The van der Waals surface area contributed by atoms with Gasteiger partial charge in [-0.05, 0) is 36.6 Å². The van der Waals surface area contributed by atoms with Crippen molar-refractivity contribution in [1.29, 1.82) is 0 Å². The van der Waals surface area contributed by atoms with Crippen LogP contribution >= 0.6 is 0 Å². The molecule has 0 spiro atoms. The van der Waals surface area contributed by atoms with Crippen LogP contribution in [0.3, 0.4) is 0 Å². The Morgan fingerprint density at radius 1 is 1.40 bits per heavy atom. The maximum Gasteiger partial charge on any atom is 0.123 e. The largest absolute Gasteiger partial charge is 0.271 e. The van der Waals surface area contributed by atoms with E-state index in [0.29, 0.717) is 0 Å². The topological polar surface area (TPSA) is 38.0 Å². The van der Waals surface area contributed by atoms with Crippen molar-refractivity contribution in [3.63, 3.8) is 0 Å². The third kappa shape index (κ3) is 3.61. The summed E-state index contributed by atoms with van der Waals surface area (Å²) in [6, 6.07) is 5.10. The molecule has 84 valence electrons. The number of hydrogen-bond donors (Lipinski definition) is 2. The molecule has 0 aliphatic heterocycles. The van der Waals surface area contributed by atoms with Gasteiger partial charge in [0.05, 0.1) is 0 Å². The molecule has 0 bridgehead atoms. The van der Waals surface area contributed by atoms with Crippen molar-refractivity contribution >= 4 is 0 Å². The monoisotopic (exact) mass is 210 g/mol. The van der Waals surface area contributed by atoms with Crippen molar-refractivity contribution in [3.8, 4) is 0 Å². The number of aryl methyl sites for hydroxylation is 1. The molecule has 1 aromatic rings. The molecule has 1 aromatic carbocycles. The fourth-order valence-corrected chi connectivity index (χ4v) is 1.72. The molecule has 1 atom stereocenters. The zero-order valence-electron chi connectivity index (χ0n) is 9.39. The Morgan fingerprint density at radius 2 is 2.13 bits per heavy atom. The van der Waals surface area contributed by atoms with Crippen molar-refractivity contribution in [3.05, 3.63) is 35.1 Å². The van der Waals surface area contributed by atoms with Gasteiger partial charge in [0.15, 0.2) is 0 Å². The first-order valence-corrected chi connectivity index (χ1v) is 5.40. The minimum absolute atomic E-state index is 0.0550. The van der Waals surface area contributed by atoms with Crippen LogP contribution in [0.4, 0.5) is 4.39 Å². The van der Waals surface area contributed by atoms with Crippen LogP contribution in [-0.2, 0) is 0 Å². The Hall–Kier alpha value is -0.930. The van der Waals surface area contributed by atoms with Gasteiger partial charge in [-0.2, -0.15) is 0 Å². The van der Waals surface area contributed by atoms with Crippen LogP contribution in [0.1, 0.15) is 43.4 Å². The van der Waals surface area contributed by atoms with Crippen molar-refractivity contribution in [2.24, 2.45) is 5.84 Å². The molecule has 1 rings (SSSR count). The highest BCUT2D eigenvalue weighted by Crippen LogP contribution is 2.20. The SMILES string of the molecule is CCCCC(NN)c1cc(C)cc(F)c1. The highest BCUT2D eigenvalue weighted by atomic mass is 19.1. The Bertz CT molecular complexity index is 292. The fourth-order valence-electron chi connectivity index (χ4n) is 1.72. The zero-order valence-corrected chi connectivity index (χ0v) is 9.39. The predicted molar refractivity (Wildman–Crippen MR) is 60.7 cm³/mol. The molecule has 0 radical (unpaired) electrons. The Morgan fingerprint density at radius 3 is 2.67 bits per heavy atom. The van der Waals surface area contributed by atoms with E-state index in [9.17, 15) is 4.39 Å². The maximum atomic E-state index is 13.2. The molecule has 0 aliphatic carbocycles. The van der Waals surface area contributed by atoms with Crippen LogP contribution in [0, 0.1) is 12.7 Å². The van der Waals surface area contributed by atoms with Crippen LogP contribution in [0.5, 0.6) is 0 Å². The van der Waals surface area contributed by atoms with Crippen LogP contribution in [0.2, 0.25) is 0 Å².